The fraction of sp³-hybridized carbons (Fsp3) is 0.400. The van der Waals surface area contributed by atoms with E-state index in [1.54, 1.807) is 6.08 Å². The second kappa shape index (κ2) is 8.12. The number of rotatable bonds is 6. The van der Waals surface area contributed by atoms with Gasteiger partial charge in [-0.1, -0.05) is 24.3 Å². The molecular formula is C20H25N3O2. The van der Waals surface area contributed by atoms with Crippen LogP contribution in [0.2, 0.25) is 0 Å². The number of esters is 1. The van der Waals surface area contributed by atoms with Crippen molar-refractivity contribution in [1.29, 1.82) is 0 Å². The summed E-state index contributed by atoms with van der Waals surface area (Å²) in [4.78, 5) is 13.7. The number of nitrogens with zero attached hydrogens (tertiary/aromatic N) is 3. The SMILES string of the molecule is COC(=O)/C=C/c1ccc([C@@H]2CCCN2CCc2cnn(C)c2)cc1. The Morgan fingerprint density at radius 1 is 1.36 bits per heavy atom. The Hall–Kier alpha value is -2.40. The van der Waals surface area contributed by atoms with Gasteiger partial charge in [0, 0.05) is 31.9 Å². The molecule has 0 radical (unpaired) electrons. The van der Waals surface area contributed by atoms with Crippen LogP contribution in [-0.4, -0.2) is 40.8 Å². The molecule has 132 valence electrons. The number of benzene rings is 1. The molecule has 1 aromatic heterocycles. The number of carbonyl (C=O) groups is 1. The van der Waals surface area contributed by atoms with Crippen molar-refractivity contribution in [3.63, 3.8) is 0 Å². The first-order chi connectivity index (χ1) is 12.2. The largest absolute Gasteiger partial charge is 0.466 e. The smallest absolute Gasteiger partial charge is 0.330 e. The van der Waals surface area contributed by atoms with Gasteiger partial charge in [0.2, 0.25) is 0 Å². The van der Waals surface area contributed by atoms with E-state index in [9.17, 15) is 4.79 Å². The summed E-state index contributed by atoms with van der Waals surface area (Å²) in [5.74, 6) is -0.332. The molecule has 1 saturated heterocycles. The summed E-state index contributed by atoms with van der Waals surface area (Å²) in [5.41, 5.74) is 3.64. The summed E-state index contributed by atoms with van der Waals surface area (Å²) in [5, 5.41) is 4.24. The third kappa shape index (κ3) is 4.57. The highest BCUT2D eigenvalue weighted by Gasteiger charge is 2.25. The second-order valence-electron chi connectivity index (χ2n) is 6.49. The van der Waals surface area contributed by atoms with Gasteiger partial charge in [0.25, 0.3) is 0 Å². The molecule has 1 aliphatic heterocycles. The molecule has 2 aromatic rings. The van der Waals surface area contributed by atoms with Gasteiger partial charge in [-0.25, -0.2) is 4.79 Å². The molecule has 5 heteroatoms. The van der Waals surface area contributed by atoms with Crippen molar-refractivity contribution in [2.24, 2.45) is 7.05 Å². The molecule has 0 unspecified atom stereocenters. The van der Waals surface area contributed by atoms with Gasteiger partial charge >= 0.3 is 5.97 Å². The van der Waals surface area contributed by atoms with Gasteiger partial charge in [0.05, 0.1) is 13.3 Å². The van der Waals surface area contributed by atoms with Crippen LogP contribution in [0.5, 0.6) is 0 Å². The fourth-order valence-corrected chi connectivity index (χ4v) is 3.41. The van der Waals surface area contributed by atoms with E-state index >= 15 is 0 Å². The van der Waals surface area contributed by atoms with Crippen LogP contribution >= 0.6 is 0 Å². The number of ether oxygens (including phenoxy) is 1. The molecule has 0 bridgehead atoms. The molecule has 1 aromatic carbocycles. The van der Waals surface area contributed by atoms with E-state index in [1.165, 1.54) is 37.2 Å². The number of aromatic nitrogens is 2. The Morgan fingerprint density at radius 3 is 2.84 bits per heavy atom. The maximum atomic E-state index is 11.2. The standard InChI is InChI=1S/C20H25N3O2/c1-22-15-17(14-21-22)11-13-23-12-3-4-19(23)18-8-5-16(6-9-18)7-10-20(24)25-2/h5-10,14-15,19H,3-4,11-13H2,1-2H3/b10-7+/t19-/m0/s1. The Balaban J connectivity index is 1.61. The summed E-state index contributed by atoms with van der Waals surface area (Å²) >= 11 is 0. The maximum absolute atomic E-state index is 11.2. The number of hydrogen-bond acceptors (Lipinski definition) is 4. The van der Waals surface area contributed by atoms with Crippen LogP contribution in [0.15, 0.2) is 42.7 Å². The molecule has 1 aliphatic rings. The Labute approximate surface area is 148 Å². The second-order valence-corrected chi connectivity index (χ2v) is 6.49. The van der Waals surface area contributed by atoms with E-state index in [-0.39, 0.29) is 5.97 Å². The van der Waals surface area contributed by atoms with Crippen molar-refractivity contribution in [2.75, 3.05) is 20.2 Å². The van der Waals surface area contributed by atoms with Gasteiger partial charge < -0.3 is 4.74 Å². The fourth-order valence-electron chi connectivity index (χ4n) is 3.41. The first-order valence-electron chi connectivity index (χ1n) is 8.73. The van der Waals surface area contributed by atoms with E-state index in [0.717, 1.165) is 25.1 Å². The zero-order valence-corrected chi connectivity index (χ0v) is 14.9. The molecule has 1 fully saturated rings. The molecule has 1 atom stereocenters. The van der Waals surface area contributed by atoms with E-state index in [1.807, 2.05) is 17.9 Å². The van der Waals surface area contributed by atoms with E-state index in [0.29, 0.717) is 6.04 Å². The summed E-state index contributed by atoms with van der Waals surface area (Å²) in [6.07, 6.45) is 10.7. The van der Waals surface area contributed by atoms with Crippen LogP contribution in [-0.2, 0) is 23.0 Å². The van der Waals surface area contributed by atoms with Crippen LogP contribution < -0.4 is 0 Å². The third-order valence-corrected chi connectivity index (χ3v) is 4.74. The number of methoxy groups -OCH3 is 1. The summed E-state index contributed by atoms with van der Waals surface area (Å²) in [6, 6.07) is 8.95. The lowest BCUT2D eigenvalue weighted by atomic mass is 10.0. The van der Waals surface area contributed by atoms with Crippen molar-refractivity contribution < 1.29 is 9.53 Å². The lowest BCUT2D eigenvalue weighted by molar-refractivity contribution is -0.134. The topological polar surface area (TPSA) is 47.4 Å². The molecule has 0 amide bonds. The Morgan fingerprint density at radius 2 is 2.16 bits per heavy atom. The zero-order valence-electron chi connectivity index (χ0n) is 14.9. The number of likely N-dealkylation sites (tertiary alicyclic amines) is 1. The lowest BCUT2D eigenvalue weighted by Gasteiger charge is -2.24. The normalized spacial score (nSPS) is 18.1. The summed E-state index contributed by atoms with van der Waals surface area (Å²) < 4.78 is 6.48. The van der Waals surface area contributed by atoms with Crippen molar-refractivity contribution in [2.45, 2.75) is 25.3 Å². The van der Waals surface area contributed by atoms with Crippen molar-refractivity contribution in [3.05, 3.63) is 59.4 Å². The molecule has 0 spiro atoms. The van der Waals surface area contributed by atoms with Crippen molar-refractivity contribution in [3.8, 4) is 0 Å². The highest BCUT2D eigenvalue weighted by molar-refractivity contribution is 5.86. The van der Waals surface area contributed by atoms with Crippen LogP contribution in [0, 0.1) is 0 Å². The van der Waals surface area contributed by atoms with Gasteiger partial charge in [-0.2, -0.15) is 5.10 Å². The zero-order chi connectivity index (χ0) is 17.6. The minimum absolute atomic E-state index is 0.332. The molecule has 0 N–H and O–H groups in total. The van der Waals surface area contributed by atoms with E-state index < -0.39 is 0 Å². The van der Waals surface area contributed by atoms with Crippen LogP contribution in [0.1, 0.15) is 35.6 Å². The first kappa shape index (κ1) is 17.4. The van der Waals surface area contributed by atoms with Crippen LogP contribution in [0.4, 0.5) is 0 Å². The molecule has 3 rings (SSSR count). The van der Waals surface area contributed by atoms with Crippen LogP contribution in [0.25, 0.3) is 6.08 Å². The summed E-state index contributed by atoms with van der Waals surface area (Å²) in [7, 11) is 3.34. The molecular weight excluding hydrogens is 314 g/mol. The number of aryl methyl sites for hydroxylation is 1. The summed E-state index contributed by atoms with van der Waals surface area (Å²) in [6.45, 7) is 2.20. The minimum atomic E-state index is -0.332. The number of hydrogen-bond donors (Lipinski definition) is 0. The monoisotopic (exact) mass is 339 g/mol. The maximum Gasteiger partial charge on any atom is 0.330 e. The molecule has 0 aliphatic carbocycles. The molecule has 0 saturated carbocycles. The van der Waals surface area contributed by atoms with E-state index in [2.05, 4.69) is 45.2 Å². The van der Waals surface area contributed by atoms with Gasteiger partial charge in [-0.3, -0.25) is 9.58 Å². The third-order valence-electron chi connectivity index (χ3n) is 4.74. The van der Waals surface area contributed by atoms with Crippen molar-refractivity contribution in [1.82, 2.24) is 14.7 Å². The molecule has 2 heterocycles. The van der Waals surface area contributed by atoms with Gasteiger partial charge in [-0.15, -0.1) is 0 Å². The van der Waals surface area contributed by atoms with Gasteiger partial charge in [0.15, 0.2) is 0 Å². The highest BCUT2D eigenvalue weighted by Crippen LogP contribution is 2.32. The van der Waals surface area contributed by atoms with Gasteiger partial charge in [0.1, 0.15) is 0 Å². The quantitative estimate of drug-likeness (QED) is 0.600. The molecule has 25 heavy (non-hydrogen) atoms. The first-order valence-corrected chi connectivity index (χ1v) is 8.73. The van der Waals surface area contributed by atoms with Crippen LogP contribution in [0.3, 0.4) is 0 Å². The highest BCUT2D eigenvalue weighted by atomic mass is 16.5. The Bertz CT molecular complexity index is 734. The predicted octanol–water partition coefficient (Wildman–Crippen LogP) is 2.99. The van der Waals surface area contributed by atoms with Crippen molar-refractivity contribution >= 4 is 12.0 Å². The molecule has 5 nitrogen and oxygen atoms in total. The predicted molar refractivity (Wildman–Crippen MR) is 98.0 cm³/mol. The minimum Gasteiger partial charge on any atom is -0.466 e. The average molecular weight is 339 g/mol. The number of carbonyl (C=O) groups excluding carboxylic acids is 1. The lowest BCUT2D eigenvalue weighted by Crippen LogP contribution is -2.25. The van der Waals surface area contributed by atoms with Gasteiger partial charge in [-0.05, 0) is 48.6 Å². The van der Waals surface area contributed by atoms with E-state index in [4.69, 9.17) is 0 Å². The Kier molecular flexibility index (Phi) is 5.66. The average Bonchev–Trinajstić information content (AvgIpc) is 3.27.